The van der Waals surface area contributed by atoms with Crippen LogP contribution in [0, 0.1) is 0 Å². The molecule has 6 heteroatoms. The molecule has 62 heavy (non-hydrogen) atoms. The summed E-state index contributed by atoms with van der Waals surface area (Å²) < 4.78 is 5.45. The van der Waals surface area contributed by atoms with Crippen LogP contribution in [0.2, 0.25) is 0 Å². The van der Waals surface area contributed by atoms with Crippen LogP contribution in [0.1, 0.15) is 296 Å². The molecule has 0 saturated carbocycles. The number of aliphatic hydroxyl groups excluding tert-OH is 2. The molecular formula is C56H107NO5. The topological polar surface area (TPSA) is 95.9 Å². The Hall–Kier alpha value is -1.66. The highest BCUT2D eigenvalue weighted by Crippen LogP contribution is 2.17. The molecule has 0 heterocycles. The standard InChI is InChI=1S/C56H107NO5/c1-3-5-7-9-11-13-15-17-19-20-21-22-24-28-32-36-40-44-48-54(59)53(52-58)57-55(60)49-45-41-37-33-29-25-23-27-31-35-39-43-47-51-62-56(61)50-46-42-38-34-30-26-18-16-14-12-10-8-6-4-2/h16,18,25,29,53-54,58-59H,3-15,17,19-24,26-28,30-52H2,1-2H3,(H,57,60)/b18-16-,29-25-. The van der Waals surface area contributed by atoms with Gasteiger partial charge in [-0.25, -0.2) is 0 Å². The summed E-state index contributed by atoms with van der Waals surface area (Å²) in [5.74, 6) is -0.0844. The first-order valence-electron chi connectivity index (χ1n) is 27.6. The fraction of sp³-hybridized carbons (Fsp3) is 0.893. The molecule has 366 valence electrons. The van der Waals surface area contributed by atoms with Gasteiger partial charge in [-0.2, -0.15) is 0 Å². The summed E-state index contributed by atoms with van der Waals surface area (Å²) in [6.07, 6.45) is 61.5. The number of hydrogen-bond acceptors (Lipinski definition) is 5. The van der Waals surface area contributed by atoms with E-state index >= 15 is 0 Å². The lowest BCUT2D eigenvalue weighted by atomic mass is 10.0. The van der Waals surface area contributed by atoms with Crippen molar-refractivity contribution in [3.8, 4) is 0 Å². The van der Waals surface area contributed by atoms with Gasteiger partial charge in [0.2, 0.25) is 5.91 Å². The van der Waals surface area contributed by atoms with E-state index in [1.165, 1.54) is 193 Å². The summed E-state index contributed by atoms with van der Waals surface area (Å²) in [5, 5.41) is 23.3. The maximum atomic E-state index is 12.5. The minimum absolute atomic E-state index is 0.0208. The molecule has 0 fully saturated rings. The summed E-state index contributed by atoms with van der Waals surface area (Å²) in [6.45, 7) is 4.91. The zero-order chi connectivity index (χ0) is 45.1. The van der Waals surface area contributed by atoms with Crippen LogP contribution in [0.5, 0.6) is 0 Å². The zero-order valence-corrected chi connectivity index (χ0v) is 41.6. The average molecular weight is 874 g/mol. The van der Waals surface area contributed by atoms with Crippen molar-refractivity contribution in [2.45, 2.75) is 309 Å². The van der Waals surface area contributed by atoms with Crippen molar-refractivity contribution >= 4 is 11.9 Å². The van der Waals surface area contributed by atoms with Crippen LogP contribution in [-0.2, 0) is 14.3 Å². The van der Waals surface area contributed by atoms with Crippen molar-refractivity contribution < 1.29 is 24.5 Å². The van der Waals surface area contributed by atoms with Gasteiger partial charge in [0.05, 0.1) is 25.4 Å². The highest BCUT2D eigenvalue weighted by Gasteiger charge is 2.20. The third-order valence-electron chi connectivity index (χ3n) is 12.7. The first kappa shape index (κ1) is 60.3. The van der Waals surface area contributed by atoms with E-state index in [2.05, 4.69) is 43.5 Å². The molecule has 2 unspecified atom stereocenters. The first-order chi connectivity index (χ1) is 30.5. The predicted molar refractivity (Wildman–Crippen MR) is 269 cm³/mol. The van der Waals surface area contributed by atoms with Crippen LogP contribution in [0.4, 0.5) is 0 Å². The van der Waals surface area contributed by atoms with Gasteiger partial charge in [-0.15, -0.1) is 0 Å². The summed E-state index contributed by atoms with van der Waals surface area (Å²) >= 11 is 0. The molecule has 2 atom stereocenters. The van der Waals surface area contributed by atoms with Crippen LogP contribution in [0.25, 0.3) is 0 Å². The van der Waals surface area contributed by atoms with Crippen molar-refractivity contribution in [3.05, 3.63) is 24.3 Å². The molecule has 0 aromatic carbocycles. The molecule has 0 aromatic rings. The molecular weight excluding hydrogens is 767 g/mol. The Morgan fingerprint density at radius 1 is 0.435 bits per heavy atom. The number of rotatable bonds is 51. The van der Waals surface area contributed by atoms with Gasteiger partial charge < -0.3 is 20.3 Å². The number of carbonyl (C=O) groups is 2. The van der Waals surface area contributed by atoms with E-state index in [-0.39, 0.29) is 18.5 Å². The zero-order valence-electron chi connectivity index (χ0n) is 41.6. The molecule has 0 saturated heterocycles. The Kier molecular flexibility index (Phi) is 50.6. The lowest BCUT2D eigenvalue weighted by Gasteiger charge is -2.22. The van der Waals surface area contributed by atoms with E-state index < -0.39 is 12.1 Å². The number of allylic oxidation sites excluding steroid dienone is 4. The van der Waals surface area contributed by atoms with E-state index in [1.807, 2.05) is 0 Å². The summed E-state index contributed by atoms with van der Waals surface area (Å²) in [4.78, 5) is 24.5. The fourth-order valence-electron chi connectivity index (χ4n) is 8.45. The Labute approximate surface area is 386 Å². The summed E-state index contributed by atoms with van der Waals surface area (Å²) in [7, 11) is 0. The SMILES string of the molecule is CCCCCCC/C=C\CCCCCCCC(=O)OCCCCCCCC/C=C\CCCCCC(=O)NC(CO)C(O)CCCCCCCCCCCCCCCCCCCC. The molecule has 0 radical (unpaired) electrons. The number of nitrogens with one attached hydrogen (secondary N) is 1. The molecule has 0 spiro atoms. The lowest BCUT2D eigenvalue weighted by Crippen LogP contribution is -2.45. The first-order valence-corrected chi connectivity index (χ1v) is 27.6. The van der Waals surface area contributed by atoms with Crippen LogP contribution >= 0.6 is 0 Å². The van der Waals surface area contributed by atoms with Crippen LogP contribution in [0.15, 0.2) is 24.3 Å². The Morgan fingerprint density at radius 2 is 0.758 bits per heavy atom. The number of amides is 1. The van der Waals surface area contributed by atoms with Gasteiger partial charge in [0.15, 0.2) is 0 Å². The second-order valence-corrected chi connectivity index (χ2v) is 18.9. The van der Waals surface area contributed by atoms with Crippen molar-refractivity contribution in [2.24, 2.45) is 0 Å². The minimum atomic E-state index is -0.682. The van der Waals surface area contributed by atoms with Crippen LogP contribution < -0.4 is 5.32 Å². The molecule has 6 nitrogen and oxygen atoms in total. The van der Waals surface area contributed by atoms with Crippen molar-refractivity contribution in [3.63, 3.8) is 0 Å². The van der Waals surface area contributed by atoms with Gasteiger partial charge in [-0.1, -0.05) is 231 Å². The maximum absolute atomic E-state index is 12.5. The van der Waals surface area contributed by atoms with Crippen molar-refractivity contribution in [2.75, 3.05) is 13.2 Å². The van der Waals surface area contributed by atoms with E-state index in [0.717, 1.165) is 70.6 Å². The Morgan fingerprint density at radius 3 is 1.16 bits per heavy atom. The number of ether oxygens (including phenoxy) is 1. The van der Waals surface area contributed by atoms with Gasteiger partial charge >= 0.3 is 5.97 Å². The normalized spacial score (nSPS) is 12.8. The number of esters is 1. The van der Waals surface area contributed by atoms with E-state index in [4.69, 9.17) is 4.74 Å². The van der Waals surface area contributed by atoms with E-state index in [9.17, 15) is 19.8 Å². The van der Waals surface area contributed by atoms with Crippen molar-refractivity contribution in [1.82, 2.24) is 5.32 Å². The van der Waals surface area contributed by atoms with Gasteiger partial charge in [0.25, 0.3) is 0 Å². The average Bonchev–Trinajstić information content (AvgIpc) is 3.27. The molecule has 0 aliphatic carbocycles. The molecule has 0 bridgehead atoms. The summed E-state index contributed by atoms with van der Waals surface area (Å²) in [5.41, 5.74) is 0. The summed E-state index contributed by atoms with van der Waals surface area (Å²) in [6, 6.07) is -0.562. The number of carbonyl (C=O) groups excluding carboxylic acids is 2. The second-order valence-electron chi connectivity index (χ2n) is 18.9. The van der Waals surface area contributed by atoms with Gasteiger partial charge in [0.1, 0.15) is 0 Å². The second kappa shape index (κ2) is 52.0. The third-order valence-corrected chi connectivity index (χ3v) is 12.7. The number of unbranched alkanes of at least 4 members (excludes halogenated alkanes) is 36. The van der Waals surface area contributed by atoms with Gasteiger partial charge in [-0.3, -0.25) is 9.59 Å². The number of aliphatic hydroxyl groups is 2. The highest BCUT2D eigenvalue weighted by molar-refractivity contribution is 5.76. The predicted octanol–water partition coefficient (Wildman–Crippen LogP) is 16.7. The Balaban J connectivity index is 3.50. The molecule has 0 aliphatic heterocycles. The monoisotopic (exact) mass is 874 g/mol. The molecule has 0 rings (SSSR count). The minimum Gasteiger partial charge on any atom is -0.466 e. The molecule has 3 N–H and O–H groups in total. The quantitative estimate of drug-likeness (QED) is 0.0321. The van der Waals surface area contributed by atoms with Gasteiger partial charge in [0, 0.05) is 12.8 Å². The van der Waals surface area contributed by atoms with Crippen molar-refractivity contribution in [1.29, 1.82) is 0 Å². The van der Waals surface area contributed by atoms with E-state index in [0.29, 0.717) is 25.9 Å². The van der Waals surface area contributed by atoms with E-state index in [1.54, 1.807) is 0 Å². The third kappa shape index (κ3) is 47.8. The largest absolute Gasteiger partial charge is 0.466 e. The Bertz CT molecular complexity index is 966. The fourth-order valence-corrected chi connectivity index (χ4v) is 8.45. The van der Waals surface area contributed by atoms with Crippen LogP contribution in [-0.4, -0.2) is 47.4 Å². The molecule has 0 aliphatic rings. The highest BCUT2D eigenvalue weighted by atomic mass is 16.5. The smallest absolute Gasteiger partial charge is 0.305 e. The maximum Gasteiger partial charge on any atom is 0.305 e. The molecule has 0 aromatic heterocycles. The van der Waals surface area contributed by atoms with Gasteiger partial charge in [-0.05, 0) is 77.0 Å². The lowest BCUT2D eigenvalue weighted by molar-refractivity contribution is -0.143. The number of hydrogen-bond donors (Lipinski definition) is 3. The van der Waals surface area contributed by atoms with Crippen LogP contribution in [0.3, 0.4) is 0 Å². The molecule has 1 amide bonds.